The van der Waals surface area contributed by atoms with Gasteiger partial charge in [0.25, 0.3) is 0 Å². The van der Waals surface area contributed by atoms with E-state index in [9.17, 15) is 0 Å². The van der Waals surface area contributed by atoms with Crippen molar-refractivity contribution in [3.63, 3.8) is 0 Å². The summed E-state index contributed by atoms with van der Waals surface area (Å²) in [5.41, 5.74) is 2.06. The fourth-order valence-corrected chi connectivity index (χ4v) is 1.96. The molecule has 0 spiro atoms. The van der Waals surface area contributed by atoms with Gasteiger partial charge >= 0.3 is 0 Å². The maximum atomic E-state index is 5.38. The Kier molecular flexibility index (Phi) is 4.80. The van der Waals surface area contributed by atoms with Gasteiger partial charge in [-0.3, -0.25) is 4.98 Å². The molecule has 19 heavy (non-hydrogen) atoms. The molecule has 1 unspecified atom stereocenters. The Bertz CT molecular complexity index is 504. The van der Waals surface area contributed by atoms with Crippen LogP contribution in [0.15, 0.2) is 37.2 Å². The van der Waals surface area contributed by atoms with Crippen LogP contribution in [-0.2, 0) is 0 Å². The summed E-state index contributed by atoms with van der Waals surface area (Å²) in [7, 11) is 1.65. The average molecular weight is 258 g/mol. The summed E-state index contributed by atoms with van der Waals surface area (Å²) in [6.45, 7) is 3.04. The van der Waals surface area contributed by atoms with Gasteiger partial charge in [0.2, 0.25) is 0 Å². The molecule has 5 heteroatoms. The van der Waals surface area contributed by atoms with Gasteiger partial charge in [0.15, 0.2) is 0 Å². The van der Waals surface area contributed by atoms with Gasteiger partial charge in [-0.15, -0.1) is 0 Å². The molecule has 0 aliphatic heterocycles. The normalized spacial score (nSPS) is 12.1. The fourth-order valence-electron chi connectivity index (χ4n) is 1.96. The number of hydrogen-bond acceptors (Lipinski definition) is 5. The number of methoxy groups -OCH3 is 1. The van der Waals surface area contributed by atoms with Crippen LogP contribution >= 0.6 is 0 Å². The third-order valence-corrected chi connectivity index (χ3v) is 2.86. The molecule has 0 saturated heterocycles. The average Bonchev–Trinajstić information content (AvgIpc) is 2.49. The quantitative estimate of drug-likeness (QED) is 0.858. The molecule has 5 nitrogen and oxygen atoms in total. The van der Waals surface area contributed by atoms with Crippen molar-refractivity contribution in [1.29, 1.82) is 0 Å². The second-order valence-corrected chi connectivity index (χ2v) is 4.18. The smallest absolute Gasteiger partial charge is 0.142 e. The predicted molar refractivity (Wildman–Crippen MR) is 73.0 cm³/mol. The number of nitrogens with zero attached hydrogens (tertiary/aromatic N) is 3. The van der Waals surface area contributed by atoms with E-state index in [1.807, 2.05) is 18.5 Å². The summed E-state index contributed by atoms with van der Waals surface area (Å²) in [5.74, 6) is 0.764. The zero-order valence-corrected chi connectivity index (χ0v) is 11.2. The van der Waals surface area contributed by atoms with Crippen LogP contribution in [0, 0.1) is 0 Å². The Hall–Kier alpha value is -2.01. The molecule has 2 rings (SSSR count). The Labute approximate surface area is 113 Å². The summed E-state index contributed by atoms with van der Waals surface area (Å²) < 4.78 is 5.38. The first kappa shape index (κ1) is 13.4. The Morgan fingerprint density at radius 1 is 1.21 bits per heavy atom. The summed E-state index contributed by atoms with van der Waals surface area (Å²) >= 11 is 0. The first-order chi connectivity index (χ1) is 9.36. The lowest BCUT2D eigenvalue weighted by Gasteiger charge is -2.20. The number of rotatable bonds is 6. The van der Waals surface area contributed by atoms with Crippen molar-refractivity contribution < 1.29 is 4.74 Å². The monoisotopic (exact) mass is 258 g/mol. The van der Waals surface area contributed by atoms with Crippen LogP contribution in [0.2, 0.25) is 0 Å². The van der Waals surface area contributed by atoms with Crippen LogP contribution in [0.25, 0.3) is 0 Å². The Morgan fingerprint density at radius 3 is 2.68 bits per heavy atom. The van der Waals surface area contributed by atoms with E-state index in [2.05, 4.69) is 27.2 Å². The van der Waals surface area contributed by atoms with Crippen LogP contribution in [0.3, 0.4) is 0 Å². The molecular weight excluding hydrogens is 240 g/mol. The standard InChI is InChI=1S/C14H18N4O/c1-3-5-18-14(11-7-16-10-17-8-11)12-4-6-15-9-13(12)19-2/h4,6-10,14,18H,3,5H2,1-2H3. The third kappa shape index (κ3) is 3.26. The van der Waals surface area contributed by atoms with Gasteiger partial charge in [-0.2, -0.15) is 0 Å². The van der Waals surface area contributed by atoms with Crippen LogP contribution in [0.4, 0.5) is 0 Å². The molecule has 0 aliphatic rings. The van der Waals surface area contributed by atoms with Crippen LogP contribution in [0.1, 0.15) is 30.5 Å². The lowest BCUT2D eigenvalue weighted by molar-refractivity contribution is 0.401. The number of hydrogen-bond donors (Lipinski definition) is 1. The van der Waals surface area contributed by atoms with Gasteiger partial charge in [0, 0.05) is 29.7 Å². The van der Waals surface area contributed by atoms with Crippen LogP contribution < -0.4 is 10.1 Å². The summed E-state index contributed by atoms with van der Waals surface area (Å²) in [6, 6.07) is 1.97. The zero-order valence-electron chi connectivity index (χ0n) is 11.2. The SMILES string of the molecule is CCCNC(c1cncnc1)c1ccncc1OC. The maximum Gasteiger partial charge on any atom is 0.142 e. The molecule has 100 valence electrons. The predicted octanol–water partition coefficient (Wildman–Crippen LogP) is 1.97. The molecule has 2 heterocycles. The summed E-state index contributed by atoms with van der Waals surface area (Å²) in [6.07, 6.45) is 9.71. The van der Waals surface area contributed by atoms with Crippen molar-refractivity contribution in [3.05, 3.63) is 48.3 Å². The minimum atomic E-state index is 0.0131. The molecule has 1 atom stereocenters. The molecule has 2 aromatic heterocycles. The number of ether oxygens (including phenoxy) is 1. The number of aromatic nitrogens is 3. The fraction of sp³-hybridized carbons (Fsp3) is 0.357. The van der Waals surface area contributed by atoms with Gasteiger partial charge in [0.05, 0.1) is 19.3 Å². The van der Waals surface area contributed by atoms with Crippen molar-refractivity contribution in [3.8, 4) is 5.75 Å². The first-order valence-corrected chi connectivity index (χ1v) is 6.33. The highest BCUT2D eigenvalue weighted by molar-refractivity contribution is 5.38. The molecule has 0 aromatic carbocycles. The third-order valence-electron chi connectivity index (χ3n) is 2.86. The van der Waals surface area contributed by atoms with Gasteiger partial charge in [-0.1, -0.05) is 6.92 Å². The van der Waals surface area contributed by atoms with E-state index in [1.54, 1.807) is 19.5 Å². The van der Waals surface area contributed by atoms with E-state index >= 15 is 0 Å². The van der Waals surface area contributed by atoms with E-state index in [0.29, 0.717) is 0 Å². The van der Waals surface area contributed by atoms with E-state index in [1.165, 1.54) is 6.33 Å². The van der Waals surface area contributed by atoms with Crippen LogP contribution in [0.5, 0.6) is 5.75 Å². The highest BCUT2D eigenvalue weighted by Crippen LogP contribution is 2.28. The molecular formula is C14H18N4O. The van der Waals surface area contributed by atoms with E-state index in [-0.39, 0.29) is 6.04 Å². The zero-order chi connectivity index (χ0) is 13.5. The minimum Gasteiger partial charge on any atom is -0.495 e. The lowest BCUT2D eigenvalue weighted by Crippen LogP contribution is -2.24. The molecule has 1 N–H and O–H groups in total. The van der Waals surface area contributed by atoms with Crippen molar-refractivity contribution in [2.24, 2.45) is 0 Å². The van der Waals surface area contributed by atoms with Gasteiger partial charge in [-0.05, 0) is 19.0 Å². The van der Waals surface area contributed by atoms with Gasteiger partial charge in [-0.25, -0.2) is 9.97 Å². The highest BCUT2D eigenvalue weighted by Gasteiger charge is 2.17. The molecule has 0 aliphatic carbocycles. The molecule has 2 aromatic rings. The molecule has 0 radical (unpaired) electrons. The number of pyridine rings is 1. The van der Waals surface area contributed by atoms with Crippen molar-refractivity contribution in [2.45, 2.75) is 19.4 Å². The van der Waals surface area contributed by atoms with E-state index in [4.69, 9.17) is 4.74 Å². The Morgan fingerprint density at radius 2 is 2.00 bits per heavy atom. The van der Waals surface area contributed by atoms with Gasteiger partial charge in [0.1, 0.15) is 12.1 Å². The second kappa shape index (κ2) is 6.80. The van der Waals surface area contributed by atoms with Crippen molar-refractivity contribution in [1.82, 2.24) is 20.3 Å². The lowest BCUT2D eigenvalue weighted by atomic mass is 10.0. The topological polar surface area (TPSA) is 59.9 Å². The highest BCUT2D eigenvalue weighted by atomic mass is 16.5. The summed E-state index contributed by atoms with van der Waals surface area (Å²) in [5, 5.41) is 3.49. The molecule has 0 fully saturated rings. The minimum absolute atomic E-state index is 0.0131. The molecule has 0 bridgehead atoms. The summed E-state index contributed by atoms with van der Waals surface area (Å²) in [4.78, 5) is 12.3. The van der Waals surface area contributed by atoms with Crippen LogP contribution in [-0.4, -0.2) is 28.6 Å². The van der Waals surface area contributed by atoms with Crippen molar-refractivity contribution >= 4 is 0 Å². The van der Waals surface area contributed by atoms with E-state index in [0.717, 1.165) is 29.8 Å². The second-order valence-electron chi connectivity index (χ2n) is 4.18. The first-order valence-electron chi connectivity index (χ1n) is 6.33. The maximum absolute atomic E-state index is 5.38. The van der Waals surface area contributed by atoms with Crippen molar-refractivity contribution in [2.75, 3.05) is 13.7 Å². The Balaban J connectivity index is 2.37. The molecule has 0 amide bonds. The molecule has 0 saturated carbocycles. The largest absolute Gasteiger partial charge is 0.495 e. The van der Waals surface area contributed by atoms with E-state index < -0.39 is 0 Å². The number of nitrogens with one attached hydrogen (secondary N) is 1. The van der Waals surface area contributed by atoms with Gasteiger partial charge < -0.3 is 10.1 Å².